The van der Waals surface area contributed by atoms with Crippen molar-refractivity contribution in [2.45, 2.75) is 13.8 Å². The minimum Gasteiger partial charge on any atom is -0.477 e. The third-order valence-corrected chi connectivity index (χ3v) is 2.71. The van der Waals surface area contributed by atoms with Gasteiger partial charge in [-0.1, -0.05) is 12.1 Å². The summed E-state index contributed by atoms with van der Waals surface area (Å²) in [6, 6.07) is 5.64. The van der Waals surface area contributed by atoms with Gasteiger partial charge in [-0.3, -0.25) is 4.79 Å². The molecule has 0 radical (unpaired) electrons. The lowest BCUT2D eigenvalue weighted by Crippen LogP contribution is -2.17. The molecule has 2 aromatic rings. The first kappa shape index (κ1) is 12.8. The van der Waals surface area contributed by atoms with Crippen LogP contribution in [0.3, 0.4) is 0 Å². The van der Waals surface area contributed by atoms with Crippen LogP contribution in [-0.4, -0.2) is 27.0 Å². The zero-order valence-electron chi connectivity index (χ0n) is 10.5. The molecular formula is C13H13N3O3. The van der Waals surface area contributed by atoms with E-state index < -0.39 is 11.9 Å². The van der Waals surface area contributed by atoms with Gasteiger partial charge < -0.3 is 15.4 Å². The predicted octanol–water partition coefficient (Wildman–Crippen LogP) is 1.98. The van der Waals surface area contributed by atoms with Crippen LogP contribution in [0.15, 0.2) is 24.5 Å². The maximum Gasteiger partial charge on any atom is 0.354 e. The van der Waals surface area contributed by atoms with Gasteiger partial charge in [0.1, 0.15) is 0 Å². The van der Waals surface area contributed by atoms with E-state index in [2.05, 4.69) is 15.3 Å². The molecule has 0 saturated heterocycles. The van der Waals surface area contributed by atoms with Crippen LogP contribution in [0.5, 0.6) is 0 Å². The van der Waals surface area contributed by atoms with Crippen molar-refractivity contribution in [3.8, 4) is 0 Å². The summed E-state index contributed by atoms with van der Waals surface area (Å²) < 4.78 is 0. The topological polar surface area (TPSA) is 95.1 Å². The molecule has 0 fully saturated rings. The molecule has 0 atom stereocenters. The van der Waals surface area contributed by atoms with Crippen LogP contribution in [0, 0.1) is 13.8 Å². The number of carbonyl (C=O) groups excluding carboxylic acids is 1. The lowest BCUT2D eigenvalue weighted by Gasteiger charge is -2.08. The third-order valence-electron chi connectivity index (χ3n) is 2.71. The number of benzene rings is 1. The number of aromatic carboxylic acids is 1. The quantitative estimate of drug-likeness (QED) is 0.785. The fourth-order valence-corrected chi connectivity index (χ4v) is 1.68. The molecule has 1 amide bonds. The first-order chi connectivity index (χ1) is 8.99. The number of hydrogen-bond donors (Lipinski definition) is 3. The van der Waals surface area contributed by atoms with Crippen LogP contribution in [0.1, 0.15) is 32.1 Å². The summed E-state index contributed by atoms with van der Waals surface area (Å²) in [6.07, 6.45) is 1.18. The Balaban J connectivity index is 2.28. The number of aromatic amines is 1. The number of imidazole rings is 1. The Morgan fingerprint density at radius 3 is 2.74 bits per heavy atom. The molecular weight excluding hydrogens is 246 g/mol. The van der Waals surface area contributed by atoms with Crippen LogP contribution in [0.2, 0.25) is 0 Å². The summed E-state index contributed by atoms with van der Waals surface area (Å²) in [7, 11) is 0. The minimum atomic E-state index is -1.22. The Bertz CT molecular complexity index is 646. The van der Waals surface area contributed by atoms with Crippen molar-refractivity contribution in [3.05, 3.63) is 47.0 Å². The number of nitrogens with zero attached hydrogens (tertiary/aromatic N) is 1. The van der Waals surface area contributed by atoms with Gasteiger partial charge in [-0.2, -0.15) is 0 Å². The molecule has 0 aliphatic heterocycles. The number of carboxylic acids is 1. The standard InChI is InChI=1S/C13H13N3O3/c1-7-3-4-8(2)9(5-7)16-12(17)10-11(13(18)19)15-6-14-10/h3-6H,1-2H3,(H,14,15)(H,16,17)(H,18,19). The highest BCUT2D eigenvalue weighted by Crippen LogP contribution is 2.17. The lowest BCUT2D eigenvalue weighted by atomic mass is 10.1. The largest absolute Gasteiger partial charge is 0.477 e. The van der Waals surface area contributed by atoms with E-state index in [1.165, 1.54) is 6.33 Å². The molecule has 3 N–H and O–H groups in total. The average Bonchev–Trinajstić information content (AvgIpc) is 2.83. The van der Waals surface area contributed by atoms with E-state index >= 15 is 0 Å². The van der Waals surface area contributed by atoms with Gasteiger partial charge in [-0.05, 0) is 31.0 Å². The van der Waals surface area contributed by atoms with E-state index in [0.717, 1.165) is 11.1 Å². The fraction of sp³-hybridized carbons (Fsp3) is 0.154. The summed E-state index contributed by atoms with van der Waals surface area (Å²) in [4.78, 5) is 29.1. The van der Waals surface area contributed by atoms with Gasteiger partial charge in [0, 0.05) is 5.69 Å². The Kier molecular flexibility index (Phi) is 3.33. The molecule has 0 aliphatic carbocycles. The highest BCUT2D eigenvalue weighted by Gasteiger charge is 2.20. The Morgan fingerprint density at radius 1 is 1.32 bits per heavy atom. The number of aromatic nitrogens is 2. The fourth-order valence-electron chi connectivity index (χ4n) is 1.68. The number of rotatable bonds is 3. The van der Waals surface area contributed by atoms with E-state index in [-0.39, 0.29) is 11.4 Å². The SMILES string of the molecule is Cc1ccc(C)c(NC(=O)c2nc[nH]c2C(=O)O)c1. The zero-order chi connectivity index (χ0) is 14.0. The second kappa shape index (κ2) is 4.93. The van der Waals surface area contributed by atoms with Crippen LogP contribution < -0.4 is 5.32 Å². The third kappa shape index (κ3) is 2.62. The van der Waals surface area contributed by atoms with Crippen LogP contribution >= 0.6 is 0 Å². The molecule has 2 rings (SSSR count). The summed E-state index contributed by atoms with van der Waals surface area (Å²) in [5, 5.41) is 11.6. The normalized spacial score (nSPS) is 10.2. The number of carboxylic acid groups (broad SMARTS) is 1. The van der Waals surface area contributed by atoms with Crippen molar-refractivity contribution in [1.82, 2.24) is 9.97 Å². The average molecular weight is 259 g/mol. The molecule has 1 heterocycles. The molecule has 0 spiro atoms. The van der Waals surface area contributed by atoms with Gasteiger partial charge >= 0.3 is 5.97 Å². The van der Waals surface area contributed by atoms with Gasteiger partial charge in [0.25, 0.3) is 5.91 Å². The summed E-state index contributed by atoms with van der Waals surface area (Å²) in [5.74, 6) is -1.77. The number of nitrogens with one attached hydrogen (secondary N) is 2. The van der Waals surface area contributed by atoms with Crippen LogP contribution in [0.4, 0.5) is 5.69 Å². The smallest absolute Gasteiger partial charge is 0.354 e. The first-order valence-corrected chi connectivity index (χ1v) is 5.64. The molecule has 98 valence electrons. The lowest BCUT2D eigenvalue weighted by molar-refractivity contribution is 0.0686. The molecule has 1 aromatic carbocycles. The van der Waals surface area contributed by atoms with Crippen molar-refractivity contribution in [3.63, 3.8) is 0 Å². The van der Waals surface area contributed by atoms with E-state index in [4.69, 9.17) is 5.11 Å². The van der Waals surface area contributed by atoms with Crippen molar-refractivity contribution < 1.29 is 14.7 Å². The first-order valence-electron chi connectivity index (χ1n) is 5.64. The Morgan fingerprint density at radius 2 is 2.05 bits per heavy atom. The molecule has 6 heteroatoms. The number of amides is 1. The van der Waals surface area contributed by atoms with Gasteiger partial charge in [0.2, 0.25) is 0 Å². The minimum absolute atomic E-state index is 0.131. The molecule has 0 unspecified atom stereocenters. The summed E-state index contributed by atoms with van der Waals surface area (Å²) in [5.41, 5.74) is 2.19. The monoisotopic (exact) mass is 259 g/mol. The second-order valence-corrected chi connectivity index (χ2v) is 4.20. The number of aryl methyl sites for hydroxylation is 2. The van der Waals surface area contributed by atoms with E-state index in [1.807, 2.05) is 32.0 Å². The molecule has 0 bridgehead atoms. The summed E-state index contributed by atoms with van der Waals surface area (Å²) >= 11 is 0. The maximum atomic E-state index is 12.0. The number of anilines is 1. The summed E-state index contributed by atoms with van der Waals surface area (Å²) in [6.45, 7) is 3.77. The predicted molar refractivity (Wildman–Crippen MR) is 69.4 cm³/mol. The van der Waals surface area contributed by atoms with Gasteiger partial charge in [0.05, 0.1) is 6.33 Å². The number of carbonyl (C=O) groups is 2. The molecule has 6 nitrogen and oxygen atoms in total. The molecule has 1 aromatic heterocycles. The van der Waals surface area contributed by atoms with Crippen LogP contribution in [0.25, 0.3) is 0 Å². The van der Waals surface area contributed by atoms with Crippen molar-refractivity contribution in [2.75, 3.05) is 5.32 Å². The van der Waals surface area contributed by atoms with Gasteiger partial charge in [-0.15, -0.1) is 0 Å². The number of hydrogen-bond acceptors (Lipinski definition) is 3. The maximum absolute atomic E-state index is 12.0. The van der Waals surface area contributed by atoms with Crippen molar-refractivity contribution >= 4 is 17.6 Å². The Hall–Kier alpha value is -2.63. The molecule has 0 saturated carbocycles. The highest BCUT2D eigenvalue weighted by molar-refractivity contribution is 6.08. The van der Waals surface area contributed by atoms with E-state index in [9.17, 15) is 9.59 Å². The number of H-pyrrole nitrogens is 1. The molecule has 0 aliphatic rings. The zero-order valence-corrected chi connectivity index (χ0v) is 10.5. The van der Waals surface area contributed by atoms with Crippen molar-refractivity contribution in [2.24, 2.45) is 0 Å². The van der Waals surface area contributed by atoms with Crippen molar-refractivity contribution in [1.29, 1.82) is 0 Å². The molecule has 19 heavy (non-hydrogen) atoms. The van der Waals surface area contributed by atoms with E-state index in [0.29, 0.717) is 5.69 Å². The Labute approximate surface area is 109 Å². The highest BCUT2D eigenvalue weighted by atomic mass is 16.4. The van der Waals surface area contributed by atoms with Gasteiger partial charge in [-0.25, -0.2) is 9.78 Å². The second-order valence-electron chi connectivity index (χ2n) is 4.20. The van der Waals surface area contributed by atoms with Gasteiger partial charge in [0.15, 0.2) is 11.4 Å². The van der Waals surface area contributed by atoms with E-state index in [1.54, 1.807) is 0 Å². The van der Waals surface area contributed by atoms with Crippen LogP contribution in [-0.2, 0) is 0 Å².